The number of pyridine rings is 2. The smallest absolute Gasteiger partial charge is 0.0946 e. The van der Waals surface area contributed by atoms with Crippen LogP contribution in [-0.2, 0) is 0 Å². The summed E-state index contributed by atoms with van der Waals surface area (Å²) in [5, 5.41) is 0. The van der Waals surface area contributed by atoms with Crippen LogP contribution in [0.2, 0.25) is 0 Å². The molecule has 16 heavy (non-hydrogen) atoms. The molecular formula is C13H13N3. The van der Waals surface area contributed by atoms with Gasteiger partial charge < -0.3 is 5.73 Å². The number of nitrogen functional groups attached to an aromatic ring is 1. The Kier molecular flexibility index (Phi) is 2.10. The zero-order valence-electron chi connectivity index (χ0n) is 8.93. The Hall–Kier alpha value is -1.90. The van der Waals surface area contributed by atoms with Crippen LogP contribution in [0.5, 0.6) is 0 Å². The van der Waals surface area contributed by atoms with E-state index in [0.717, 1.165) is 16.9 Å². The quantitative estimate of drug-likeness (QED) is 0.830. The largest absolute Gasteiger partial charge is 0.397 e. The molecule has 1 saturated carbocycles. The molecule has 1 fully saturated rings. The maximum Gasteiger partial charge on any atom is 0.0946 e. The SMILES string of the molecule is Nc1cc(C2CC2)cnc1-c1cccnc1. The minimum Gasteiger partial charge on any atom is -0.397 e. The van der Waals surface area contributed by atoms with Gasteiger partial charge in [0.15, 0.2) is 0 Å². The van der Waals surface area contributed by atoms with Crippen molar-refractivity contribution in [2.45, 2.75) is 18.8 Å². The minimum absolute atomic E-state index is 0.692. The molecule has 0 aromatic carbocycles. The zero-order valence-corrected chi connectivity index (χ0v) is 8.93. The maximum absolute atomic E-state index is 6.03. The van der Waals surface area contributed by atoms with Crippen molar-refractivity contribution in [1.82, 2.24) is 9.97 Å². The van der Waals surface area contributed by atoms with Gasteiger partial charge in [0.25, 0.3) is 0 Å². The Morgan fingerprint density at radius 2 is 2.12 bits per heavy atom. The summed E-state index contributed by atoms with van der Waals surface area (Å²) in [6, 6.07) is 5.92. The van der Waals surface area contributed by atoms with Gasteiger partial charge in [-0.3, -0.25) is 9.97 Å². The standard InChI is InChI=1S/C13H13N3/c14-12-6-11(9-3-4-9)8-16-13(12)10-2-1-5-15-7-10/h1-2,5-9H,3-4,14H2. The van der Waals surface area contributed by atoms with Crippen molar-refractivity contribution in [3.8, 4) is 11.3 Å². The van der Waals surface area contributed by atoms with Crippen molar-refractivity contribution >= 4 is 5.69 Å². The lowest BCUT2D eigenvalue weighted by Gasteiger charge is -2.06. The number of hydrogen-bond donors (Lipinski definition) is 1. The molecule has 2 aromatic heterocycles. The Labute approximate surface area is 94.4 Å². The summed E-state index contributed by atoms with van der Waals surface area (Å²) >= 11 is 0. The van der Waals surface area contributed by atoms with Gasteiger partial charge in [0.2, 0.25) is 0 Å². The third-order valence-electron chi connectivity index (χ3n) is 2.92. The Morgan fingerprint density at radius 3 is 2.75 bits per heavy atom. The van der Waals surface area contributed by atoms with E-state index in [4.69, 9.17) is 5.73 Å². The maximum atomic E-state index is 6.03. The lowest BCUT2D eigenvalue weighted by atomic mass is 10.1. The molecule has 2 aromatic rings. The van der Waals surface area contributed by atoms with Gasteiger partial charge in [-0.15, -0.1) is 0 Å². The van der Waals surface area contributed by atoms with Crippen molar-refractivity contribution in [1.29, 1.82) is 0 Å². The van der Waals surface area contributed by atoms with Crippen LogP contribution in [0.15, 0.2) is 36.8 Å². The molecule has 0 atom stereocenters. The number of rotatable bonds is 2. The van der Waals surface area contributed by atoms with Gasteiger partial charge in [-0.25, -0.2) is 0 Å². The summed E-state index contributed by atoms with van der Waals surface area (Å²) in [5.74, 6) is 0.692. The van der Waals surface area contributed by atoms with Crippen LogP contribution in [0.25, 0.3) is 11.3 Å². The van der Waals surface area contributed by atoms with Crippen molar-refractivity contribution < 1.29 is 0 Å². The molecule has 3 heteroatoms. The molecule has 0 spiro atoms. The number of aromatic nitrogens is 2. The molecule has 0 bridgehead atoms. The van der Waals surface area contributed by atoms with Crippen LogP contribution in [0.3, 0.4) is 0 Å². The average molecular weight is 211 g/mol. The van der Waals surface area contributed by atoms with E-state index in [9.17, 15) is 0 Å². The van der Waals surface area contributed by atoms with Crippen molar-refractivity contribution in [3.05, 3.63) is 42.4 Å². The first-order valence-corrected chi connectivity index (χ1v) is 5.50. The second kappa shape index (κ2) is 3.59. The van der Waals surface area contributed by atoms with E-state index in [1.807, 2.05) is 24.4 Å². The average Bonchev–Trinajstić information content (AvgIpc) is 3.14. The van der Waals surface area contributed by atoms with Gasteiger partial charge in [0, 0.05) is 24.2 Å². The molecule has 0 saturated heterocycles. The van der Waals surface area contributed by atoms with Crippen LogP contribution >= 0.6 is 0 Å². The van der Waals surface area contributed by atoms with Gasteiger partial charge in [-0.1, -0.05) is 0 Å². The van der Waals surface area contributed by atoms with Crippen molar-refractivity contribution in [2.24, 2.45) is 0 Å². The number of anilines is 1. The Bertz CT molecular complexity index is 504. The molecule has 0 amide bonds. The van der Waals surface area contributed by atoms with E-state index in [-0.39, 0.29) is 0 Å². The summed E-state index contributed by atoms with van der Waals surface area (Å²) < 4.78 is 0. The highest BCUT2D eigenvalue weighted by atomic mass is 14.7. The van der Waals surface area contributed by atoms with E-state index in [1.54, 1.807) is 12.4 Å². The van der Waals surface area contributed by atoms with Gasteiger partial charge in [0.05, 0.1) is 11.4 Å². The second-order valence-corrected chi connectivity index (χ2v) is 4.22. The zero-order chi connectivity index (χ0) is 11.0. The molecule has 0 aliphatic heterocycles. The predicted octanol–water partition coefficient (Wildman–Crippen LogP) is 2.60. The van der Waals surface area contributed by atoms with Crippen molar-refractivity contribution in [2.75, 3.05) is 5.73 Å². The Balaban J connectivity index is 2.02. The molecule has 3 rings (SSSR count). The summed E-state index contributed by atoms with van der Waals surface area (Å²) in [6.45, 7) is 0. The van der Waals surface area contributed by atoms with Gasteiger partial charge in [-0.2, -0.15) is 0 Å². The molecule has 1 aliphatic rings. The molecule has 0 unspecified atom stereocenters. The summed E-state index contributed by atoms with van der Waals surface area (Å²) in [5.41, 5.74) is 9.85. The molecule has 2 N–H and O–H groups in total. The molecular weight excluding hydrogens is 198 g/mol. The van der Waals surface area contributed by atoms with Crippen LogP contribution in [0.4, 0.5) is 5.69 Å². The van der Waals surface area contributed by atoms with Crippen LogP contribution in [0.1, 0.15) is 24.3 Å². The third-order valence-corrected chi connectivity index (χ3v) is 2.92. The van der Waals surface area contributed by atoms with Crippen LogP contribution < -0.4 is 5.73 Å². The molecule has 80 valence electrons. The fraction of sp³-hybridized carbons (Fsp3) is 0.231. The fourth-order valence-electron chi connectivity index (χ4n) is 1.88. The lowest BCUT2D eigenvalue weighted by molar-refractivity contribution is 1.10. The van der Waals surface area contributed by atoms with Crippen LogP contribution in [0, 0.1) is 0 Å². The highest BCUT2D eigenvalue weighted by Gasteiger charge is 2.24. The third kappa shape index (κ3) is 1.65. The second-order valence-electron chi connectivity index (χ2n) is 4.22. The summed E-state index contributed by atoms with van der Waals surface area (Å²) in [4.78, 5) is 8.52. The Morgan fingerprint density at radius 1 is 1.25 bits per heavy atom. The number of hydrogen-bond acceptors (Lipinski definition) is 3. The molecule has 0 radical (unpaired) electrons. The van der Waals surface area contributed by atoms with E-state index >= 15 is 0 Å². The fourth-order valence-corrected chi connectivity index (χ4v) is 1.88. The first-order valence-electron chi connectivity index (χ1n) is 5.50. The van der Waals surface area contributed by atoms with Gasteiger partial charge in [-0.05, 0) is 42.5 Å². The predicted molar refractivity (Wildman–Crippen MR) is 63.9 cm³/mol. The van der Waals surface area contributed by atoms with Gasteiger partial charge in [0.1, 0.15) is 0 Å². The summed E-state index contributed by atoms with van der Waals surface area (Å²) in [7, 11) is 0. The van der Waals surface area contributed by atoms with E-state index in [1.165, 1.54) is 18.4 Å². The van der Waals surface area contributed by atoms with Gasteiger partial charge >= 0.3 is 0 Å². The van der Waals surface area contributed by atoms with Crippen molar-refractivity contribution in [3.63, 3.8) is 0 Å². The van der Waals surface area contributed by atoms with E-state index in [0.29, 0.717) is 5.92 Å². The highest BCUT2D eigenvalue weighted by molar-refractivity contribution is 5.72. The highest BCUT2D eigenvalue weighted by Crippen LogP contribution is 2.41. The molecule has 3 nitrogen and oxygen atoms in total. The molecule has 1 aliphatic carbocycles. The minimum atomic E-state index is 0.692. The number of nitrogens with two attached hydrogens (primary N) is 1. The van der Waals surface area contributed by atoms with E-state index < -0.39 is 0 Å². The lowest BCUT2D eigenvalue weighted by Crippen LogP contribution is -1.95. The van der Waals surface area contributed by atoms with Crippen LogP contribution in [-0.4, -0.2) is 9.97 Å². The van der Waals surface area contributed by atoms with E-state index in [2.05, 4.69) is 9.97 Å². The monoisotopic (exact) mass is 211 g/mol. The first kappa shape index (κ1) is 9.33. The topological polar surface area (TPSA) is 51.8 Å². The molecule has 2 heterocycles. The number of nitrogens with zero attached hydrogens (tertiary/aromatic N) is 2. The normalized spacial score (nSPS) is 15.0. The first-order chi connectivity index (χ1) is 7.84. The summed E-state index contributed by atoms with van der Waals surface area (Å²) in [6.07, 6.45) is 8.02.